The molecule has 0 bridgehead atoms. The zero-order valence-corrected chi connectivity index (χ0v) is 15.5. The zero-order chi connectivity index (χ0) is 19.4. The molecule has 7 nitrogen and oxygen atoms in total. The monoisotopic (exact) mass is 358 g/mol. The van der Waals surface area contributed by atoms with Crippen molar-refractivity contribution in [1.82, 2.24) is 4.98 Å². The molecule has 0 saturated carbocycles. The van der Waals surface area contributed by atoms with Crippen LogP contribution in [0.1, 0.15) is 39.0 Å². The molecule has 1 aromatic heterocycles. The van der Waals surface area contributed by atoms with E-state index in [9.17, 15) is 14.4 Å². The summed E-state index contributed by atoms with van der Waals surface area (Å²) in [6.45, 7) is 4.79. The van der Waals surface area contributed by atoms with Crippen molar-refractivity contribution in [3.8, 4) is 0 Å². The Morgan fingerprint density at radius 2 is 1.69 bits per heavy atom. The van der Waals surface area contributed by atoms with E-state index >= 15 is 0 Å². The number of nitrogens with zero attached hydrogens (tertiary/aromatic N) is 1. The van der Waals surface area contributed by atoms with Crippen LogP contribution in [-0.4, -0.2) is 43.1 Å². The van der Waals surface area contributed by atoms with Crippen LogP contribution in [0.2, 0.25) is 0 Å². The molecule has 1 amide bonds. The molecule has 0 fully saturated rings. The molecule has 0 spiro atoms. The predicted molar refractivity (Wildman–Crippen MR) is 96.3 cm³/mol. The maximum absolute atomic E-state index is 12.5. The number of likely N-dealkylation sites (N-methyl/N-ethyl adjacent to an activating group) is 1. The molecule has 0 aliphatic rings. The average molecular weight is 358 g/mol. The van der Waals surface area contributed by atoms with Gasteiger partial charge in [-0.2, -0.15) is 0 Å². The van der Waals surface area contributed by atoms with E-state index in [0.717, 1.165) is 0 Å². The minimum absolute atomic E-state index is 0.130. The highest BCUT2D eigenvalue weighted by Gasteiger charge is 2.27. The topological polar surface area (TPSA) is 88.7 Å². The van der Waals surface area contributed by atoms with Crippen molar-refractivity contribution in [1.29, 1.82) is 0 Å². The highest BCUT2D eigenvalue weighted by molar-refractivity contribution is 6.01. The fraction of sp³-hybridized carbons (Fsp3) is 0.316. The van der Waals surface area contributed by atoms with Crippen LogP contribution in [0.5, 0.6) is 0 Å². The molecular formula is C19H22N2O5. The number of benzene rings is 1. The lowest BCUT2D eigenvalue weighted by Gasteiger charge is -2.21. The van der Waals surface area contributed by atoms with Crippen LogP contribution in [0.15, 0.2) is 30.3 Å². The van der Waals surface area contributed by atoms with Gasteiger partial charge in [0.15, 0.2) is 6.10 Å². The number of aromatic nitrogens is 1. The van der Waals surface area contributed by atoms with Gasteiger partial charge in [-0.25, -0.2) is 9.59 Å². The van der Waals surface area contributed by atoms with Crippen molar-refractivity contribution in [2.75, 3.05) is 19.1 Å². The Bertz CT molecular complexity index is 826. The van der Waals surface area contributed by atoms with Gasteiger partial charge in [0.2, 0.25) is 0 Å². The van der Waals surface area contributed by atoms with E-state index in [1.807, 2.05) is 18.2 Å². The number of hydrogen-bond acceptors (Lipinski definition) is 5. The quantitative estimate of drug-likeness (QED) is 0.830. The van der Waals surface area contributed by atoms with E-state index in [1.165, 1.54) is 18.9 Å². The number of aromatic amines is 1. The van der Waals surface area contributed by atoms with E-state index in [0.29, 0.717) is 22.5 Å². The molecule has 1 unspecified atom stereocenters. The van der Waals surface area contributed by atoms with Gasteiger partial charge in [0.1, 0.15) is 5.69 Å². The Morgan fingerprint density at radius 1 is 1.08 bits per heavy atom. The average Bonchev–Trinajstić information content (AvgIpc) is 2.94. The number of H-pyrrole nitrogens is 1. The van der Waals surface area contributed by atoms with Gasteiger partial charge in [-0.15, -0.1) is 0 Å². The summed E-state index contributed by atoms with van der Waals surface area (Å²) in [5.74, 6) is -1.61. The van der Waals surface area contributed by atoms with Crippen LogP contribution in [0.3, 0.4) is 0 Å². The standard InChI is InChI=1S/C19H22N2O5/c1-11-15(18(23)25-5)12(2)20-16(11)19(24)26-13(3)17(22)21(4)14-9-7-6-8-10-14/h6-10,13,20H,1-5H3. The fourth-order valence-corrected chi connectivity index (χ4v) is 2.68. The predicted octanol–water partition coefficient (Wildman–Crippen LogP) is 2.63. The first-order valence-corrected chi connectivity index (χ1v) is 8.09. The summed E-state index contributed by atoms with van der Waals surface area (Å²) in [6.07, 6.45) is -0.989. The molecule has 1 atom stereocenters. The highest BCUT2D eigenvalue weighted by Crippen LogP contribution is 2.20. The number of ether oxygens (including phenoxy) is 2. The van der Waals surface area contributed by atoms with Gasteiger partial charge in [0.25, 0.3) is 5.91 Å². The number of carbonyl (C=O) groups excluding carboxylic acids is 3. The summed E-state index contributed by atoms with van der Waals surface area (Å²) < 4.78 is 10.0. The Morgan fingerprint density at radius 3 is 2.27 bits per heavy atom. The lowest BCUT2D eigenvalue weighted by molar-refractivity contribution is -0.126. The van der Waals surface area contributed by atoms with Gasteiger partial charge in [-0.1, -0.05) is 18.2 Å². The van der Waals surface area contributed by atoms with Crippen LogP contribution < -0.4 is 4.90 Å². The molecule has 0 saturated heterocycles. The number of para-hydroxylation sites is 1. The third kappa shape index (κ3) is 3.77. The van der Waals surface area contributed by atoms with Gasteiger partial charge in [-0.3, -0.25) is 4.79 Å². The minimum atomic E-state index is -0.989. The molecule has 1 N–H and O–H groups in total. The number of amides is 1. The molecule has 0 aliphatic heterocycles. The second-order valence-corrected chi connectivity index (χ2v) is 5.90. The Kier molecular flexibility index (Phi) is 5.82. The molecule has 26 heavy (non-hydrogen) atoms. The van der Waals surface area contributed by atoms with Gasteiger partial charge < -0.3 is 19.4 Å². The zero-order valence-electron chi connectivity index (χ0n) is 15.5. The van der Waals surface area contributed by atoms with Crippen LogP contribution in [-0.2, 0) is 14.3 Å². The van der Waals surface area contributed by atoms with Gasteiger partial charge in [0.05, 0.1) is 12.7 Å². The molecule has 0 radical (unpaired) electrons. The number of nitrogens with one attached hydrogen (secondary N) is 1. The van der Waals surface area contributed by atoms with Crippen molar-refractivity contribution < 1.29 is 23.9 Å². The lowest BCUT2D eigenvalue weighted by atomic mass is 10.1. The minimum Gasteiger partial charge on any atom is -0.465 e. The first-order chi connectivity index (χ1) is 12.3. The van der Waals surface area contributed by atoms with Crippen molar-refractivity contribution in [3.05, 3.63) is 52.8 Å². The number of hydrogen-bond donors (Lipinski definition) is 1. The van der Waals surface area contributed by atoms with E-state index < -0.39 is 18.0 Å². The maximum Gasteiger partial charge on any atom is 0.355 e. The Labute approximate surface area is 151 Å². The number of esters is 2. The molecule has 138 valence electrons. The molecule has 0 aliphatic carbocycles. The summed E-state index contributed by atoms with van der Waals surface area (Å²) in [6, 6.07) is 9.05. The number of carbonyl (C=O) groups is 3. The maximum atomic E-state index is 12.5. The lowest BCUT2D eigenvalue weighted by Crippen LogP contribution is -2.37. The van der Waals surface area contributed by atoms with Crippen molar-refractivity contribution in [3.63, 3.8) is 0 Å². The summed E-state index contributed by atoms with van der Waals surface area (Å²) in [7, 11) is 2.88. The van der Waals surface area contributed by atoms with Crippen LogP contribution in [0.25, 0.3) is 0 Å². The van der Waals surface area contributed by atoms with E-state index in [4.69, 9.17) is 9.47 Å². The van der Waals surface area contributed by atoms with Crippen molar-refractivity contribution in [2.24, 2.45) is 0 Å². The fourth-order valence-electron chi connectivity index (χ4n) is 2.68. The van der Waals surface area contributed by atoms with Crippen LogP contribution in [0, 0.1) is 13.8 Å². The van der Waals surface area contributed by atoms with Crippen LogP contribution in [0.4, 0.5) is 5.69 Å². The summed E-state index contributed by atoms with van der Waals surface area (Å²) in [5, 5.41) is 0. The van der Waals surface area contributed by atoms with E-state index in [2.05, 4.69) is 4.98 Å². The number of rotatable bonds is 5. The molecule has 2 aromatic rings. The smallest absolute Gasteiger partial charge is 0.355 e. The summed E-state index contributed by atoms with van der Waals surface area (Å²) in [4.78, 5) is 41.0. The SMILES string of the molecule is COC(=O)c1c(C)[nH]c(C(=O)OC(C)C(=O)N(C)c2ccccc2)c1C. The van der Waals surface area contributed by atoms with Crippen molar-refractivity contribution in [2.45, 2.75) is 26.9 Å². The first kappa shape index (κ1) is 19.2. The number of aryl methyl sites for hydroxylation is 1. The van der Waals surface area contributed by atoms with Crippen molar-refractivity contribution >= 4 is 23.5 Å². The normalized spacial score (nSPS) is 11.6. The third-order valence-corrected chi connectivity index (χ3v) is 4.14. The Hall–Kier alpha value is -3.09. The summed E-state index contributed by atoms with van der Waals surface area (Å²) >= 11 is 0. The van der Waals surface area contributed by atoms with E-state index in [-0.39, 0.29) is 11.6 Å². The highest BCUT2D eigenvalue weighted by atomic mass is 16.5. The van der Waals surface area contributed by atoms with Gasteiger partial charge in [-0.05, 0) is 38.5 Å². The molecular weight excluding hydrogens is 336 g/mol. The molecule has 1 heterocycles. The molecule has 7 heteroatoms. The molecule has 1 aromatic carbocycles. The number of anilines is 1. The second kappa shape index (κ2) is 7.86. The first-order valence-electron chi connectivity index (χ1n) is 8.09. The van der Waals surface area contributed by atoms with E-state index in [1.54, 1.807) is 33.0 Å². The summed E-state index contributed by atoms with van der Waals surface area (Å²) in [5.41, 5.74) is 2.04. The van der Waals surface area contributed by atoms with Gasteiger partial charge in [0, 0.05) is 18.4 Å². The largest absolute Gasteiger partial charge is 0.465 e. The number of methoxy groups -OCH3 is 1. The Balaban J connectivity index is 2.14. The van der Waals surface area contributed by atoms with Gasteiger partial charge >= 0.3 is 11.9 Å². The molecule has 2 rings (SSSR count). The third-order valence-electron chi connectivity index (χ3n) is 4.14. The van der Waals surface area contributed by atoms with Crippen LogP contribution >= 0.6 is 0 Å². The second-order valence-electron chi connectivity index (χ2n) is 5.90.